The van der Waals surface area contributed by atoms with E-state index in [1.165, 1.54) is 0 Å². The number of piperidine rings is 1. The van der Waals surface area contributed by atoms with Crippen LogP contribution in [0.15, 0.2) is 4.79 Å². The summed E-state index contributed by atoms with van der Waals surface area (Å²) in [5.41, 5.74) is 0.716. The molecule has 27 heavy (non-hydrogen) atoms. The molecule has 5 nitrogen and oxygen atoms in total. The van der Waals surface area contributed by atoms with Crippen LogP contribution in [0, 0.1) is 16.7 Å². The van der Waals surface area contributed by atoms with Crippen LogP contribution < -0.4 is 15.8 Å². The van der Waals surface area contributed by atoms with Crippen LogP contribution in [-0.2, 0) is 6.54 Å². The Morgan fingerprint density at radius 1 is 1.33 bits per heavy atom. The zero-order chi connectivity index (χ0) is 18.5. The summed E-state index contributed by atoms with van der Waals surface area (Å²) in [6, 6.07) is 1.96. The van der Waals surface area contributed by atoms with Crippen LogP contribution in [0.4, 0.5) is 14.5 Å². The van der Waals surface area contributed by atoms with E-state index in [9.17, 15) is 18.8 Å². The van der Waals surface area contributed by atoms with Gasteiger partial charge in [0.25, 0.3) is 11.5 Å². The minimum atomic E-state index is -2.78. The molecular formula is C19H25ClF2N4O. The van der Waals surface area contributed by atoms with Crippen molar-refractivity contribution in [3.05, 3.63) is 27.2 Å². The monoisotopic (exact) mass is 398 g/mol. The standard InChI is InChI=1S/C19H24F2N4O.ClH/c1-2-3-12-9-23-10-14-15(12)24-17(26)13(8-22)16(14)25-7-6-18(4-5-18)19(20,21)11-25;/h12,23H,2-7,9-11H2,1H3,(H,24,26);1H. The summed E-state index contributed by atoms with van der Waals surface area (Å²) in [7, 11) is 0. The number of hydrogen-bond acceptors (Lipinski definition) is 4. The van der Waals surface area contributed by atoms with E-state index < -0.39 is 23.4 Å². The number of pyridine rings is 1. The molecule has 1 aliphatic carbocycles. The highest BCUT2D eigenvalue weighted by molar-refractivity contribution is 5.85. The Bertz CT molecular complexity index is 828. The zero-order valence-electron chi connectivity index (χ0n) is 15.4. The average molecular weight is 399 g/mol. The quantitative estimate of drug-likeness (QED) is 0.819. The third kappa shape index (κ3) is 3.13. The van der Waals surface area contributed by atoms with Gasteiger partial charge in [-0.05, 0) is 25.7 Å². The van der Waals surface area contributed by atoms with Gasteiger partial charge in [0.15, 0.2) is 0 Å². The lowest BCUT2D eigenvalue weighted by Gasteiger charge is -2.42. The van der Waals surface area contributed by atoms with Crippen LogP contribution in [0.2, 0.25) is 0 Å². The summed E-state index contributed by atoms with van der Waals surface area (Å²) in [6.45, 7) is 3.39. The van der Waals surface area contributed by atoms with Gasteiger partial charge < -0.3 is 15.2 Å². The van der Waals surface area contributed by atoms with Crippen LogP contribution in [0.3, 0.4) is 0 Å². The van der Waals surface area contributed by atoms with Crippen molar-refractivity contribution in [1.29, 1.82) is 5.26 Å². The van der Waals surface area contributed by atoms with Crippen LogP contribution in [-0.4, -0.2) is 30.5 Å². The van der Waals surface area contributed by atoms with Gasteiger partial charge in [-0.25, -0.2) is 8.78 Å². The molecule has 0 amide bonds. The number of aromatic nitrogens is 1. The number of H-pyrrole nitrogens is 1. The van der Waals surface area contributed by atoms with E-state index in [2.05, 4.69) is 17.2 Å². The highest BCUT2D eigenvalue weighted by atomic mass is 35.5. The van der Waals surface area contributed by atoms with Crippen molar-refractivity contribution in [2.24, 2.45) is 5.41 Å². The van der Waals surface area contributed by atoms with Gasteiger partial charge in [-0.3, -0.25) is 4.79 Å². The van der Waals surface area contributed by atoms with Crippen molar-refractivity contribution < 1.29 is 8.78 Å². The number of nitriles is 1. The first-order valence-electron chi connectivity index (χ1n) is 9.45. The van der Waals surface area contributed by atoms with Crippen molar-refractivity contribution in [2.75, 3.05) is 24.5 Å². The van der Waals surface area contributed by atoms with E-state index in [1.54, 1.807) is 4.90 Å². The van der Waals surface area contributed by atoms with Crippen molar-refractivity contribution in [1.82, 2.24) is 10.3 Å². The predicted octanol–water partition coefficient (Wildman–Crippen LogP) is 3.28. The van der Waals surface area contributed by atoms with E-state index in [1.807, 2.05) is 6.07 Å². The Morgan fingerprint density at radius 2 is 2.07 bits per heavy atom. The van der Waals surface area contributed by atoms with Crippen molar-refractivity contribution >= 4 is 18.1 Å². The van der Waals surface area contributed by atoms with Crippen LogP contribution >= 0.6 is 12.4 Å². The highest BCUT2D eigenvalue weighted by Crippen LogP contribution is 2.61. The highest BCUT2D eigenvalue weighted by Gasteiger charge is 2.64. The Morgan fingerprint density at radius 3 is 2.67 bits per heavy atom. The molecule has 2 aliphatic heterocycles. The van der Waals surface area contributed by atoms with E-state index in [0.717, 1.165) is 30.6 Å². The summed E-state index contributed by atoms with van der Waals surface area (Å²) in [5, 5.41) is 12.9. The minimum Gasteiger partial charge on any atom is -0.364 e. The maximum atomic E-state index is 14.7. The number of aromatic amines is 1. The van der Waals surface area contributed by atoms with Gasteiger partial charge in [-0.2, -0.15) is 5.26 Å². The molecule has 2 fully saturated rings. The second-order valence-corrected chi connectivity index (χ2v) is 7.95. The summed E-state index contributed by atoms with van der Waals surface area (Å²) in [6.07, 6.45) is 3.44. The molecular weight excluding hydrogens is 374 g/mol. The first kappa shape index (κ1) is 20.1. The number of anilines is 1. The third-order valence-corrected chi connectivity index (χ3v) is 6.37. The number of nitrogens with zero attached hydrogens (tertiary/aromatic N) is 2. The zero-order valence-corrected chi connectivity index (χ0v) is 16.2. The van der Waals surface area contributed by atoms with E-state index in [0.29, 0.717) is 38.0 Å². The number of hydrogen-bond donors (Lipinski definition) is 2. The molecule has 1 aromatic rings. The fraction of sp³-hybridized carbons (Fsp3) is 0.684. The molecule has 1 saturated heterocycles. The summed E-state index contributed by atoms with van der Waals surface area (Å²) >= 11 is 0. The molecule has 0 radical (unpaired) electrons. The minimum absolute atomic E-state index is 0. The number of alkyl halides is 2. The molecule has 1 saturated carbocycles. The van der Waals surface area contributed by atoms with E-state index in [-0.39, 0.29) is 23.9 Å². The molecule has 3 aliphatic rings. The number of nitrogens with one attached hydrogen (secondary N) is 2. The third-order valence-electron chi connectivity index (χ3n) is 6.37. The normalized spacial score (nSPS) is 24.7. The van der Waals surface area contributed by atoms with Gasteiger partial charge in [0.2, 0.25) is 0 Å². The van der Waals surface area contributed by atoms with Gasteiger partial charge >= 0.3 is 0 Å². The average Bonchev–Trinajstić information content (AvgIpc) is 3.39. The molecule has 3 heterocycles. The topological polar surface area (TPSA) is 71.9 Å². The fourth-order valence-corrected chi connectivity index (χ4v) is 4.67. The molecule has 2 N–H and O–H groups in total. The van der Waals surface area contributed by atoms with Gasteiger partial charge in [-0.15, -0.1) is 12.4 Å². The van der Waals surface area contributed by atoms with Gasteiger partial charge in [0.05, 0.1) is 12.2 Å². The first-order chi connectivity index (χ1) is 12.4. The lowest BCUT2D eigenvalue weighted by molar-refractivity contribution is -0.0794. The van der Waals surface area contributed by atoms with Crippen LogP contribution in [0.5, 0.6) is 0 Å². The van der Waals surface area contributed by atoms with Crippen molar-refractivity contribution in [3.63, 3.8) is 0 Å². The largest absolute Gasteiger partial charge is 0.364 e. The number of halogens is 3. The molecule has 1 atom stereocenters. The van der Waals surface area contributed by atoms with E-state index in [4.69, 9.17) is 0 Å². The lowest BCUT2D eigenvalue weighted by Crippen LogP contribution is -2.51. The first-order valence-corrected chi connectivity index (χ1v) is 9.45. The van der Waals surface area contributed by atoms with Gasteiger partial charge in [0.1, 0.15) is 11.6 Å². The fourth-order valence-electron chi connectivity index (χ4n) is 4.67. The van der Waals surface area contributed by atoms with Gasteiger partial charge in [-0.1, -0.05) is 13.3 Å². The summed E-state index contributed by atoms with van der Waals surface area (Å²) in [5.74, 6) is -2.64. The summed E-state index contributed by atoms with van der Waals surface area (Å²) < 4.78 is 29.4. The van der Waals surface area contributed by atoms with Crippen LogP contribution in [0.1, 0.15) is 61.8 Å². The van der Waals surface area contributed by atoms with Gasteiger partial charge in [0, 0.05) is 42.2 Å². The smallest absolute Gasteiger partial charge is 0.270 e. The molecule has 0 aromatic carbocycles. The maximum Gasteiger partial charge on any atom is 0.270 e. The second kappa shape index (κ2) is 7.06. The molecule has 0 bridgehead atoms. The lowest BCUT2D eigenvalue weighted by atomic mass is 9.86. The second-order valence-electron chi connectivity index (χ2n) is 7.95. The molecule has 4 rings (SSSR count). The Kier molecular flexibility index (Phi) is 5.26. The van der Waals surface area contributed by atoms with Crippen molar-refractivity contribution in [2.45, 2.75) is 57.4 Å². The molecule has 1 aromatic heterocycles. The predicted molar refractivity (Wildman–Crippen MR) is 102 cm³/mol. The summed E-state index contributed by atoms with van der Waals surface area (Å²) in [4.78, 5) is 17.0. The Hall–Kier alpha value is -1.65. The molecule has 8 heteroatoms. The maximum absolute atomic E-state index is 14.7. The number of fused-ring (bicyclic) bond motifs is 1. The Labute approximate surface area is 163 Å². The van der Waals surface area contributed by atoms with E-state index >= 15 is 0 Å². The SMILES string of the molecule is CCCC1CNCc2c1[nH]c(=O)c(C#N)c2N1CCC2(CC2)C(F)(F)C1.Cl. The molecule has 1 spiro atoms. The Balaban J connectivity index is 0.00000210. The molecule has 1 unspecified atom stereocenters. The van der Waals surface area contributed by atoms with Crippen molar-refractivity contribution in [3.8, 4) is 6.07 Å². The number of rotatable bonds is 3. The van der Waals surface area contributed by atoms with Crippen LogP contribution in [0.25, 0.3) is 0 Å². The molecule has 148 valence electrons.